The summed E-state index contributed by atoms with van der Waals surface area (Å²) in [7, 11) is 1.42. The number of methoxy groups -OCH3 is 1. The second-order valence-electron chi connectivity index (χ2n) is 3.66. The molecule has 19 heavy (non-hydrogen) atoms. The van der Waals surface area contributed by atoms with Crippen molar-refractivity contribution in [3.05, 3.63) is 42.2 Å². The standard InChI is InChI=1S/C13H16FN3OS/c1-4-7-15-13(19)17-16-9(2)10-5-6-12(18-3)11(14)8-10/h4-6,8H,1,7H2,2-3H3,(H2,15,17,19)/b16-9-. The first-order valence-corrected chi connectivity index (χ1v) is 6.02. The summed E-state index contributed by atoms with van der Waals surface area (Å²) in [5, 5.41) is 7.32. The average molecular weight is 281 g/mol. The maximum atomic E-state index is 13.5. The third-order valence-corrected chi connectivity index (χ3v) is 2.54. The van der Waals surface area contributed by atoms with Gasteiger partial charge < -0.3 is 10.1 Å². The summed E-state index contributed by atoms with van der Waals surface area (Å²) in [6, 6.07) is 4.64. The summed E-state index contributed by atoms with van der Waals surface area (Å²) in [4.78, 5) is 0. The molecule has 0 aliphatic rings. The zero-order valence-electron chi connectivity index (χ0n) is 10.9. The Morgan fingerprint density at radius 1 is 1.58 bits per heavy atom. The van der Waals surface area contributed by atoms with E-state index in [9.17, 15) is 4.39 Å². The van der Waals surface area contributed by atoms with Crippen LogP contribution in [0.4, 0.5) is 4.39 Å². The molecule has 6 heteroatoms. The minimum absolute atomic E-state index is 0.202. The molecule has 0 amide bonds. The van der Waals surface area contributed by atoms with E-state index in [1.54, 1.807) is 25.1 Å². The molecule has 2 N–H and O–H groups in total. The Balaban J connectivity index is 2.71. The van der Waals surface area contributed by atoms with Crippen LogP contribution in [0.25, 0.3) is 0 Å². The number of ether oxygens (including phenoxy) is 1. The van der Waals surface area contributed by atoms with Gasteiger partial charge in [-0.2, -0.15) is 5.10 Å². The molecular formula is C13H16FN3OS. The van der Waals surface area contributed by atoms with E-state index < -0.39 is 5.82 Å². The minimum atomic E-state index is -0.429. The fraction of sp³-hybridized carbons (Fsp3) is 0.231. The zero-order valence-corrected chi connectivity index (χ0v) is 11.7. The predicted octanol–water partition coefficient (Wildman–Crippen LogP) is 2.21. The van der Waals surface area contributed by atoms with Crippen molar-refractivity contribution in [3.63, 3.8) is 0 Å². The molecule has 0 atom stereocenters. The predicted molar refractivity (Wildman–Crippen MR) is 79.1 cm³/mol. The second-order valence-corrected chi connectivity index (χ2v) is 4.07. The van der Waals surface area contributed by atoms with E-state index >= 15 is 0 Å². The molecule has 0 saturated carbocycles. The smallest absolute Gasteiger partial charge is 0.187 e. The molecule has 4 nitrogen and oxygen atoms in total. The van der Waals surface area contributed by atoms with E-state index in [2.05, 4.69) is 22.4 Å². The van der Waals surface area contributed by atoms with Crippen molar-refractivity contribution in [2.45, 2.75) is 6.92 Å². The monoisotopic (exact) mass is 281 g/mol. The molecule has 0 saturated heterocycles. The quantitative estimate of drug-likeness (QED) is 0.376. The number of hydrazone groups is 1. The number of halogens is 1. The lowest BCUT2D eigenvalue weighted by molar-refractivity contribution is 0.386. The van der Waals surface area contributed by atoms with E-state index in [0.29, 0.717) is 22.9 Å². The van der Waals surface area contributed by atoms with Gasteiger partial charge in [0.05, 0.1) is 12.8 Å². The van der Waals surface area contributed by atoms with Crippen molar-refractivity contribution in [1.29, 1.82) is 0 Å². The van der Waals surface area contributed by atoms with Crippen LogP contribution in [0.15, 0.2) is 36.0 Å². The van der Waals surface area contributed by atoms with Gasteiger partial charge in [-0.05, 0) is 37.3 Å². The molecule has 0 radical (unpaired) electrons. The van der Waals surface area contributed by atoms with Crippen LogP contribution in [0, 0.1) is 5.82 Å². The molecule has 0 aliphatic heterocycles. The van der Waals surface area contributed by atoms with Gasteiger partial charge >= 0.3 is 0 Å². The highest BCUT2D eigenvalue weighted by Gasteiger charge is 2.05. The summed E-state index contributed by atoms with van der Waals surface area (Å²) < 4.78 is 18.4. The van der Waals surface area contributed by atoms with Gasteiger partial charge in [0, 0.05) is 12.1 Å². The normalized spacial score (nSPS) is 10.8. The lowest BCUT2D eigenvalue weighted by Gasteiger charge is -2.07. The number of thiocarbonyl (C=S) groups is 1. The molecule has 0 fully saturated rings. The Labute approximate surface area is 117 Å². The SMILES string of the molecule is C=CCNC(=S)N/N=C(/C)c1ccc(OC)c(F)c1. The second kappa shape index (κ2) is 7.48. The molecule has 0 bridgehead atoms. The van der Waals surface area contributed by atoms with Gasteiger partial charge in [0.15, 0.2) is 16.7 Å². The van der Waals surface area contributed by atoms with E-state index in [4.69, 9.17) is 17.0 Å². The van der Waals surface area contributed by atoms with E-state index in [1.807, 2.05) is 0 Å². The summed E-state index contributed by atoms with van der Waals surface area (Å²) >= 11 is 4.98. The molecule has 0 aliphatic carbocycles. The van der Waals surface area contributed by atoms with Gasteiger partial charge in [-0.25, -0.2) is 4.39 Å². The first-order valence-electron chi connectivity index (χ1n) is 5.61. The van der Waals surface area contributed by atoms with Gasteiger partial charge in [-0.1, -0.05) is 6.08 Å². The molecule has 0 unspecified atom stereocenters. The van der Waals surface area contributed by atoms with Crippen LogP contribution in [-0.4, -0.2) is 24.5 Å². The number of hydrogen-bond donors (Lipinski definition) is 2. The topological polar surface area (TPSA) is 45.7 Å². The first-order chi connectivity index (χ1) is 9.08. The Kier molecular flexibility index (Phi) is 5.95. The van der Waals surface area contributed by atoms with E-state index in [0.717, 1.165) is 0 Å². The van der Waals surface area contributed by atoms with Crippen molar-refractivity contribution in [2.24, 2.45) is 5.10 Å². The molecular weight excluding hydrogens is 265 g/mol. The van der Waals surface area contributed by atoms with Gasteiger partial charge in [0.2, 0.25) is 0 Å². The van der Waals surface area contributed by atoms with E-state index in [1.165, 1.54) is 13.2 Å². The highest BCUT2D eigenvalue weighted by molar-refractivity contribution is 7.80. The van der Waals surface area contributed by atoms with Crippen LogP contribution in [0.2, 0.25) is 0 Å². The third-order valence-electron chi connectivity index (χ3n) is 2.30. The number of hydrogen-bond acceptors (Lipinski definition) is 3. The average Bonchev–Trinajstić information content (AvgIpc) is 2.42. The highest BCUT2D eigenvalue weighted by Crippen LogP contribution is 2.17. The number of nitrogens with one attached hydrogen (secondary N) is 2. The Hall–Kier alpha value is -1.95. The number of benzene rings is 1. The largest absolute Gasteiger partial charge is 0.494 e. The Morgan fingerprint density at radius 2 is 2.32 bits per heavy atom. The highest BCUT2D eigenvalue weighted by atomic mass is 32.1. The molecule has 1 aromatic rings. The molecule has 1 aromatic carbocycles. The van der Waals surface area contributed by atoms with E-state index in [-0.39, 0.29) is 5.75 Å². The van der Waals surface area contributed by atoms with Crippen molar-refractivity contribution in [2.75, 3.05) is 13.7 Å². The summed E-state index contributed by atoms with van der Waals surface area (Å²) in [5.74, 6) is -0.227. The van der Waals surface area contributed by atoms with Crippen molar-refractivity contribution in [1.82, 2.24) is 10.7 Å². The van der Waals surface area contributed by atoms with Gasteiger partial charge in [-0.3, -0.25) is 5.43 Å². The van der Waals surface area contributed by atoms with Crippen LogP contribution >= 0.6 is 12.2 Å². The van der Waals surface area contributed by atoms with Crippen LogP contribution in [-0.2, 0) is 0 Å². The first kappa shape index (κ1) is 15.1. The van der Waals surface area contributed by atoms with Crippen LogP contribution < -0.4 is 15.5 Å². The van der Waals surface area contributed by atoms with Gasteiger partial charge in [0.25, 0.3) is 0 Å². The molecule has 102 valence electrons. The summed E-state index contributed by atoms with van der Waals surface area (Å²) in [6.45, 7) is 5.87. The fourth-order valence-electron chi connectivity index (χ4n) is 1.30. The zero-order chi connectivity index (χ0) is 14.3. The summed E-state index contributed by atoms with van der Waals surface area (Å²) in [5.41, 5.74) is 3.94. The van der Waals surface area contributed by atoms with Gasteiger partial charge in [-0.15, -0.1) is 6.58 Å². The lowest BCUT2D eigenvalue weighted by atomic mass is 10.1. The number of nitrogens with zero attached hydrogens (tertiary/aromatic N) is 1. The van der Waals surface area contributed by atoms with Crippen LogP contribution in [0.5, 0.6) is 5.75 Å². The molecule has 0 spiro atoms. The Bertz CT molecular complexity index is 503. The Morgan fingerprint density at radius 3 is 2.89 bits per heavy atom. The fourth-order valence-corrected chi connectivity index (χ4v) is 1.42. The van der Waals surface area contributed by atoms with Gasteiger partial charge in [0.1, 0.15) is 0 Å². The summed E-state index contributed by atoms with van der Waals surface area (Å²) in [6.07, 6.45) is 1.68. The molecule has 0 aromatic heterocycles. The third kappa shape index (κ3) is 4.67. The van der Waals surface area contributed by atoms with Crippen LogP contribution in [0.1, 0.15) is 12.5 Å². The minimum Gasteiger partial charge on any atom is -0.494 e. The molecule has 0 heterocycles. The van der Waals surface area contributed by atoms with Crippen LogP contribution in [0.3, 0.4) is 0 Å². The maximum absolute atomic E-state index is 13.5. The lowest BCUT2D eigenvalue weighted by Crippen LogP contribution is -2.32. The van der Waals surface area contributed by atoms with Crippen molar-refractivity contribution >= 4 is 23.0 Å². The van der Waals surface area contributed by atoms with Crippen molar-refractivity contribution in [3.8, 4) is 5.75 Å². The molecule has 1 rings (SSSR count). The van der Waals surface area contributed by atoms with Crippen molar-refractivity contribution < 1.29 is 9.13 Å². The number of rotatable bonds is 5. The maximum Gasteiger partial charge on any atom is 0.187 e.